The summed E-state index contributed by atoms with van der Waals surface area (Å²) in [6, 6.07) is 7.62. The highest BCUT2D eigenvalue weighted by Crippen LogP contribution is 2.30. The fourth-order valence-electron chi connectivity index (χ4n) is 2.42. The molecule has 1 amide bonds. The Bertz CT molecular complexity index is 617. The maximum atomic E-state index is 12.5. The molecule has 1 aromatic carbocycles. The molecule has 5 heteroatoms. The molecular weight excluding hydrogens is 276 g/mol. The van der Waals surface area contributed by atoms with E-state index in [4.69, 9.17) is 11.6 Å². The van der Waals surface area contributed by atoms with E-state index in [-0.39, 0.29) is 12.5 Å². The van der Waals surface area contributed by atoms with E-state index in [1.165, 1.54) is 4.90 Å². The minimum absolute atomic E-state index is 0.198. The first kappa shape index (κ1) is 14.9. The largest absolute Gasteiger partial charge is 0.389 e. The third-order valence-corrected chi connectivity index (χ3v) is 3.60. The lowest BCUT2D eigenvalue weighted by Gasteiger charge is -2.25. The van der Waals surface area contributed by atoms with Gasteiger partial charge in [-0.15, -0.1) is 0 Å². The Hall–Kier alpha value is -1.52. The fourth-order valence-corrected chi connectivity index (χ4v) is 2.78. The number of amides is 1. The summed E-state index contributed by atoms with van der Waals surface area (Å²) < 4.78 is 1.79. The molecule has 0 bridgehead atoms. The third-order valence-electron chi connectivity index (χ3n) is 3.22. The van der Waals surface area contributed by atoms with Crippen molar-refractivity contribution in [3.8, 4) is 0 Å². The van der Waals surface area contributed by atoms with Gasteiger partial charge in [-0.25, -0.2) is 0 Å². The SMILES string of the molecule is CN(CC(C)(C)O)C(=O)c1c(Cl)c2ccccc2n1C. The minimum Gasteiger partial charge on any atom is -0.389 e. The number of benzene rings is 1. The molecule has 0 radical (unpaired) electrons. The van der Waals surface area contributed by atoms with Crippen molar-refractivity contribution in [2.24, 2.45) is 7.05 Å². The summed E-state index contributed by atoms with van der Waals surface area (Å²) >= 11 is 6.34. The zero-order chi connectivity index (χ0) is 15.1. The van der Waals surface area contributed by atoms with Gasteiger partial charge in [-0.2, -0.15) is 0 Å². The lowest BCUT2D eigenvalue weighted by Crippen LogP contribution is -2.40. The van der Waals surface area contributed by atoms with Crippen LogP contribution in [0, 0.1) is 0 Å². The maximum absolute atomic E-state index is 12.5. The van der Waals surface area contributed by atoms with Gasteiger partial charge in [0.25, 0.3) is 5.91 Å². The number of rotatable bonds is 3. The molecule has 0 unspecified atom stereocenters. The van der Waals surface area contributed by atoms with Crippen molar-refractivity contribution in [2.75, 3.05) is 13.6 Å². The van der Waals surface area contributed by atoms with E-state index >= 15 is 0 Å². The average Bonchev–Trinajstić information content (AvgIpc) is 2.60. The molecule has 2 rings (SSSR count). The molecule has 108 valence electrons. The van der Waals surface area contributed by atoms with E-state index in [2.05, 4.69) is 0 Å². The van der Waals surface area contributed by atoms with E-state index in [0.717, 1.165) is 10.9 Å². The summed E-state index contributed by atoms with van der Waals surface area (Å²) in [6.07, 6.45) is 0. The predicted molar refractivity (Wildman–Crippen MR) is 81.2 cm³/mol. The predicted octanol–water partition coefficient (Wildman–Crippen LogP) is 2.67. The first-order valence-corrected chi connectivity index (χ1v) is 6.81. The van der Waals surface area contributed by atoms with Crippen molar-refractivity contribution in [2.45, 2.75) is 19.4 Å². The lowest BCUT2D eigenvalue weighted by molar-refractivity contribution is 0.0363. The van der Waals surface area contributed by atoms with Crippen LogP contribution in [0.5, 0.6) is 0 Å². The Balaban J connectivity index is 2.45. The van der Waals surface area contributed by atoms with Crippen LogP contribution >= 0.6 is 11.6 Å². The molecule has 2 aromatic rings. The van der Waals surface area contributed by atoms with Crippen molar-refractivity contribution in [1.82, 2.24) is 9.47 Å². The first-order valence-electron chi connectivity index (χ1n) is 6.43. The van der Waals surface area contributed by atoms with Crippen LogP contribution in [0.2, 0.25) is 5.02 Å². The van der Waals surface area contributed by atoms with E-state index in [1.807, 2.05) is 31.3 Å². The van der Waals surface area contributed by atoms with Crippen LogP contribution < -0.4 is 0 Å². The van der Waals surface area contributed by atoms with Crippen LogP contribution in [0.4, 0.5) is 0 Å². The average molecular weight is 295 g/mol. The Morgan fingerprint density at radius 3 is 2.55 bits per heavy atom. The van der Waals surface area contributed by atoms with Gasteiger partial charge in [-0.3, -0.25) is 4.79 Å². The van der Waals surface area contributed by atoms with Crippen molar-refractivity contribution < 1.29 is 9.90 Å². The highest BCUT2D eigenvalue weighted by atomic mass is 35.5. The number of hydrogen-bond donors (Lipinski definition) is 1. The van der Waals surface area contributed by atoms with Gasteiger partial charge in [-0.05, 0) is 19.9 Å². The molecule has 4 nitrogen and oxygen atoms in total. The number of hydrogen-bond acceptors (Lipinski definition) is 2. The lowest BCUT2D eigenvalue weighted by atomic mass is 10.1. The zero-order valence-corrected chi connectivity index (χ0v) is 12.9. The number of halogens is 1. The molecule has 1 N–H and O–H groups in total. The molecule has 20 heavy (non-hydrogen) atoms. The van der Waals surface area contributed by atoms with Crippen molar-refractivity contribution in [3.05, 3.63) is 35.0 Å². The number of aryl methyl sites for hydroxylation is 1. The standard InChI is InChI=1S/C15H19ClN2O2/c1-15(2,20)9-17(3)14(19)13-12(16)10-7-5-6-8-11(10)18(13)4/h5-8,20H,9H2,1-4H3. The van der Waals surface area contributed by atoms with Gasteiger partial charge in [0.2, 0.25) is 0 Å². The second-order valence-electron chi connectivity index (χ2n) is 5.71. The smallest absolute Gasteiger partial charge is 0.271 e. The number of nitrogens with zero attached hydrogens (tertiary/aromatic N) is 2. The number of likely N-dealkylation sites (N-methyl/N-ethyl adjacent to an activating group) is 1. The van der Waals surface area contributed by atoms with Crippen LogP contribution in [0.3, 0.4) is 0 Å². The first-order chi connectivity index (χ1) is 9.22. The summed E-state index contributed by atoms with van der Waals surface area (Å²) in [7, 11) is 3.48. The van der Waals surface area contributed by atoms with Crippen LogP contribution in [-0.2, 0) is 7.05 Å². The molecule has 0 saturated carbocycles. The van der Waals surface area contributed by atoms with Gasteiger partial charge >= 0.3 is 0 Å². The monoisotopic (exact) mass is 294 g/mol. The van der Waals surface area contributed by atoms with Gasteiger partial charge in [0.15, 0.2) is 0 Å². The molecule has 1 aromatic heterocycles. The van der Waals surface area contributed by atoms with Crippen molar-refractivity contribution in [3.63, 3.8) is 0 Å². The molecule has 0 fully saturated rings. The number of para-hydroxylation sites is 1. The maximum Gasteiger partial charge on any atom is 0.271 e. The normalized spacial score (nSPS) is 11.9. The Morgan fingerprint density at radius 2 is 2.00 bits per heavy atom. The van der Waals surface area contributed by atoms with E-state index in [0.29, 0.717) is 10.7 Å². The Labute approximate surface area is 123 Å². The highest BCUT2D eigenvalue weighted by Gasteiger charge is 2.25. The second kappa shape index (κ2) is 5.11. The van der Waals surface area contributed by atoms with Crippen LogP contribution in [0.25, 0.3) is 10.9 Å². The van der Waals surface area contributed by atoms with Crippen LogP contribution in [0.15, 0.2) is 24.3 Å². The molecular formula is C15H19ClN2O2. The number of carbonyl (C=O) groups is 1. The quantitative estimate of drug-likeness (QED) is 0.946. The molecule has 1 heterocycles. The Morgan fingerprint density at radius 1 is 1.40 bits per heavy atom. The highest BCUT2D eigenvalue weighted by molar-refractivity contribution is 6.38. The topological polar surface area (TPSA) is 45.5 Å². The van der Waals surface area contributed by atoms with Gasteiger partial charge in [0.05, 0.1) is 10.6 Å². The van der Waals surface area contributed by atoms with Crippen LogP contribution in [-0.4, -0.2) is 39.7 Å². The van der Waals surface area contributed by atoms with Gasteiger partial charge in [0.1, 0.15) is 5.69 Å². The third kappa shape index (κ3) is 2.67. The molecule has 0 aliphatic rings. The summed E-state index contributed by atoms with van der Waals surface area (Å²) in [5.74, 6) is -0.198. The number of fused-ring (bicyclic) bond motifs is 1. The van der Waals surface area contributed by atoms with Gasteiger partial charge < -0.3 is 14.6 Å². The number of carbonyl (C=O) groups excluding carboxylic acids is 1. The second-order valence-corrected chi connectivity index (χ2v) is 6.09. The summed E-state index contributed by atoms with van der Waals surface area (Å²) in [5, 5.41) is 11.1. The van der Waals surface area contributed by atoms with E-state index < -0.39 is 5.60 Å². The summed E-state index contributed by atoms with van der Waals surface area (Å²) in [5.41, 5.74) is 0.415. The number of aliphatic hydroxyl groups is 1. The zero-order valence-electron chi connectivity index (χ0n) is 12.1. The van der Waals surface area contributed by atoms with E-state index in [1.54, 1.807) is 25.5 Å². The van der Waals surface area contributed by atoms with Crippen LogP contribution in [0.1, 0.15) is 24.3 Å². The van der Waals surface area contributed by atoms with E-state index in [9.17, 15) is 9.90 Å². The van der Waals surface area contributed by atoms with Gasteiger partial charge in [0, 0.05) is 31.5 Å². The summed E-state index contributed by atoms with van der Waals surface area (Å²) in [6.45, 7) is 3.57. The van der Waals surface area contributed by atoms with Crippen molar-refractivity contribution >= 4 is 28.4 Å². The molecule has 0 atom stereocenters. The Kier molecular flexibility index (Phi) is 3.80. The number of aromatic nitrogens is 1. The van der Waals surface area contributed by atoms with Crippen molar-refractivity contribution in [1.29, 1.82) is 0 Å². The summed E-state index contributed by atoms with van der Waals surface area (Å²) in [4.78, 5) is 14.0. The molecule has 0 aliphatic heterocycles. The molecule has 0 saturated heterocycles. The fraction of sp³-hybridized carbons (Fsp3) is 0.400. The van der Waals surface area contributed by atoms with Gasteiger partial charge in [-0.1, -0.05) is 29.8 Å². The molecule has 0 aliphatic carbocycles. The minimum atomic E-state index is -0.943. The molecule has 0 spiro atoms.